The zero-order valence-corrected chi connectivity index (χ0v) is 19.3. The summed E-state index contributed by atoms with van der Waals surface area (Å²) in [6.45, 7) is 1.26. The highest BCUT2D eigenvalue weighted by molar-refractivity contribution is 6.18. The molecule has 0 saturated heterocycles. The molecule has 1 heterocycles. The second-order valence-electron chi connectivity index (χ2n) is 7.87. The van der Waals surface area contributed by atoms with Gasteiger partial charge in [0.2, 0.25) is 0 Å². The Kier molecular flexibility index (Phi) is 5.84. The van der Waals surface area contributed by atoms with Crippen molar-refractivity contribution in [1.29, 1.82) is 0 Å². The number of ether oxygens (including phenoxy) is 4. The number of fused-ring (bicyclic) bond motifs is 5. The van der Waals surface area contributed by atoms with E-state index in [9.17, 15) is 4.79 Å². The maximum atomic E-state index is 13.7. The Bertz CT molecular complexity index is 1370. The second kappa shape index (κ2) is 8.59. The summed E-state index contributed by atoms with van der Waals surface area (Å²) in [5, 5.41) is 4.10. The lowest BCUT2D eigenvalue weighted by Gasteiger charge is -2.20. The Hall–Kier alpha value is -3.45. The van der Waals surface area contributed by atoms with Gasteiger partial charge in [0.1, 0.15) is 0 Å². The SMILES string of the molecule is COc1cc2ccc3c4c(OC)c(OC)ccc4c(=O)n(CCN(C)C)c3c2cc1OC. The predicted octanol–water partition coefficient (Wildman–Crippen LogP) is 3.90. The van der Waals surface area contributed by atoms with E-state index in [1.54, 1.807) is 34.5 Å². The zero-order chi connectivity index (χ0) is 23.0. The van der Waals surface area contributed by atoms with Crippen molar-refractivity contribution in [2.75, 3.05) is 49.1 Å². The van der Waals surface area contributed by atoms with Crippen molar-refractivity contribution in [3.63, 3.8) is 0 Å². The third-order valence-corrected chi connectivity index (χ3v) is 5.83. The third-order valence-electron chi connectivity index (χ3n) is 5.83. The van der Waals surface area contributed by atoms with Crippen molar-refractivity contribution >= 4 is 32.4 Å². The minimum Gasteiger partial charge on any atom is -0.493 e. The molecule has 4 aromatic rings. The van der Waals surface area contributed by atoms with Crippen LogP contribution in [0.4, 0.5) is 0 Å². The topological polar surface area (TPSA) is 62.2 Å². The molecule has 0 aliphatic rings. The fraction of sp³-hybridized carbons (Fsp3) is 0.320. The molecule has 0 radical (unpaired) electrons. The summed E-state index contributed by atoms with van der Waals surface area (Å²) >= 11 is 0. The van der Waals surface area contributed by atoms with Gasteiger partial charge in [-0.25, -0.2) is 0 Å². The van der Waals surface area contributed by atoms with Gasteiger partial charge in [-0.3, -0.25) is 4.79 Å². The molecule has 0 fully saturated rings. The number of benzene rings is 3. The monoisotopic (exact) mass is 436 g/mol. The molecule has 168 valence electrons. The smallest absolute Gasteiger partial charge is 0.259 e. The van der Waals surface area contributed by atoms with Crippen molar-refractivity contribution in [3.05, 3.63) is 46.8 Å². The molecule has 32 heavy (non-hydrogen) atoms. The second-order valence-corrected chi connectivity index (χ2v) is 7.87. The highest BCUT2D eigenvalue weighted by Gasteiger charge is 2.20. The van der Waals surface area contributed by atoms with Gasteiger partial charge in [0, 0.05) is 29.2 Å². The van der Waals surface area contributed by atoms with Crippen LogP contribution in [0, 0.1) is 0 Å². The molecule has 0 bridgehead atoms. The van der Waals surface area contributed by atoms with E-state index in [0.717, 1.165) is 33.6 Å². The third kappa shape index (κ3) is 3.39. The van der Waals surface area contributed by atoms with Gasteiger partial charge < -0.3 is 28.4 Å². The van der Waals surface area contributed by atoms with E-state index in [1.165, 1.54) is 0 Å². The van der Waals surface area contributed by atoms with E-state index in [0.29, 0.717) is 34.9 Å². The van der Waals surface area contributed by atoms with E-state index >= 15 is 0 Å². The average Bonchev–Trinajstić information content (AvgIpc) is 2.81. The van der Waals surface area contributed by atoms with Crippen molar-refractivity contribution < 1.29 is 18.9 Å². The average molecular weight is 437 g/mol. The minimum atomic E-state index is -0.0717. The van der Waals surface area contributed by atoms with E-state index in [-0.39, 0.29) is 5.56 Å². The molecule has 3 aromatic carbocycles. The number of likely N-dealkylation sites (N-methyl/N-ethyl adjacent to an activating group) is 1. The normalized spacial score (nSPS) is 11.5. The van der Waals surface area contributed by atoms with Gasteiger partial charge in [-0.15, -0.1) is 0 Å². The molecule has 7 nitrogen and oxygen atoms in total. The van der Waals surface area contributed by atoms with Crippen molar-refractivity contribution in [3.8, 4) is 23.0 Å². The predicted molar refractivity (Wildman–Crippen MR) is 128 cm³/mol. The van der Waals surface area contributed by atoms with Crippen LogP contribution in [0.15, 0.2) is 41.2 Å². The standard InChI is InChI=1S/C25H28N2O5/c1-26(2)11-12-27-23-16(8-7-15-13-20(30-4)21(31-5)14-18(15)23)22-17(25(27)28)9-10-19(29-3)24(22)32-6/h7-10,13-14H,11-12H2,1-6H3. The first kappa shape index (κ1) is 21.8. The number of hydrogen-bond donors (Lipinski definition) is 0. The molecule has 0 saturated carbocycles. The molecular formula is C25H28N2O5. The Morgan fingerprint density at radius 2 is 1.44 bits per heavy atom. The van der Waals surface area contributed by atoms with Crippen LogP contribution in [-0.2, 0) is 6.54 Å². The number of aromatic nitrogens is 1. The summed E-state index contributed by atoms with van der Waals surface area (Å²) in [6.07, 6.45) is 0. The first-order valence-electron chi connectivity index (χ1n) is 10.4. The fourth-order valence-electron chi connectivity index (χ4n) is 4.26. The summed E-state index contributed by atoms with van der Waals surface area (Å²) < 4.78 is 24.1. The Morgan fingerprint density at radius 1 is 0.781 bits per heavy atom. The van der Waals surface area contributed by atoms with E-state index < -0.39 is 0 Å². The molecule has 0 aliphatic carbocycles. The van der Waals surface area contributed by atoms with E-state index in [4.69, 9.17) is 18.9 Å². The lowest BCUT2D eigenvalue weighted by atomic mass is 9.99. The van der Waals surface area contributed by atoms with Gasteiger partial charge in [-0.2, -0.15) is 0 Å². The van der Waals surface area contributed by atoms with Crippen LogP contribution in [0.3, 0.4) is 0 Å². The van der Waals surface area contributed by atoms with Crippen LogP contribution in [0.5, 0.6) is 23.0 Å². The molecule has 0 amide bonds. The molecule has 0 N–H and O–H groups in total. The molecule has 0 aliphatic heterocycles. The van der Waals surface area contributed by atoms with Crippen LogP contribution < -0.4 is 24.5 Å². The summed E-state index contributed by atoms with van der Waals surface area (Å²) in [5.41, 5.74) is 0.756. The quantitative estimate of drug-likeness (QED) is 0.410. The van der Waals surface area contributed by atoms with Gasteiger partial charge in [-0.1, -0.05) is 12.1 Å². The van der Waals surface area contributed by atoms with E-state index in [1.807, 2.05) is 49.0 Å². The highest BCUT2D eigenvalue weighted by Crippen LogP contribution is 2.41. The summed E-state index contributed by atoms with van der Waals surface area (Å²) in [5.74, 6) is 2.38. The summed E-state index contributed by atoms with van der Waals surface area (Å²) in [6, 6.07) is 11.5. The highest BCUT2D eigenvalue weighted by atomic mass is 16.5. The molecule has 0 spiro atoms. The minimum absolute atomic E-state index is 0.0717. The van der Waals surface area contributed by atoms with Crippen LogP contribution in [-0.4, -0.2) is 58.5 Å². The van der Waals surface area contributed by atoms with Gasteiger partial charge in [0.15, 0.2) is 23.0 Å². The number of rotatable bonds is 7. The van der Waals surface area contributed by atoms with Gasteiger partial charge in [-0.05, 0) is 43.7 Å². The molecule has 0 unspecified atom stereocenters. The lowest BCUT2D eigenvalue weighted by molar-refractivity contribution is 0.356. The summed E-state index contributed by atoms with van der Waals surface area (Å²) in [7, 11) is 10.4. The maximum absolute atomic E-state index is 13.7. The molecule has 7 heteroatoms. The van der Waals surface area contributed by atoms with Crippen molar-refractivity contribution in [2.45, 2.75) is 6.54 Å². The van der Waals surface area contributed by atoms with Crippen LogP contribution in [0.25, 0.3) is 32.4 Å². The first-order valence-corrected chi connectivity index (χ1v) is 10.4. The lowest BCUT2D eigenvalue weighted by Crippen LogP contribution is -2.27. The van der Waals surface area contributed by atoms with Gasteiger partial charge in [0.25, 0.3) is 5.56 Å². The number of pyridine rings is 1. The molecule has 4 rings (SSSR count). The maximum Gasteiger partial charge on any atom is 0.259 e. The van der Waals surface area contributed by atoms with Gasteiger partial charge in [0.05, 0.1) is 39.3 Å². The van der Waals surface area contributed by atoms with Crippen LogP contribution in [0.2, 0.25) is 0 Å². The Labute approximate surface area is 186 Å². The zero-order valence-electron chi connectivity index (χ0n) is 19.3. The van der Waals surface area contributed by atoms with E-state index in [2.05, 4.69) is 4.90 Å². The number of hydrogen-bond acceptors (Lipinski definition) is 6. The van der Waals surface area contributed by atoms with Crippen molar-refractivity contribution in [1.82, 2.24) is 9.47 Å². The number of nitrogens with zero attached hydrogens (tertiary/aromatic N) is 2. The van der Waals surface area contributed by atoms with Gasteiger partial charge >= 0.3 is 0 Å². The largest absolute Gasteiger partial charge is 0.493 e. The summed E-state index contributed by atoms with van der Waals surface area (Å²) in [4.78, 5) is 15.8. The van der Waals surface area contributed by atoms with Crippen molar-refractivity contribution in [2.24, 2.45) is 0 Å². The number of methoxy groups -OCH3 is 4. The first-order chi connectivity index (χ1) is 15.4. The van der Waals surface area contributed by atoms with Crippen LogP contribution in [0.1, 0.15) is 0 Å². The fourth-order valence-corrected chi connectivity index (χ4v) is 4.26. The molecular weight excluding hydrogens is 408 g/mol. The Balaban J connectivity index is 2.25. The Morgan fingerprint density at radius 3 is 2.06 bits per heavy atom. The molecule has 1 aromatic heterocycles. The molecule has 0 atom stereocenters. The van der Waals surface area contributed by atoms with Crippen LogP contribution >= 0.6 is 0 Å².